The number of benzene rings is 1. The first-order valence-electron chi connectivity index (χ1n) is 6.10. The van der Waals surface area contributed by atoms with Crippen LogP contribution in [0.4, 0.5) is 5.82 Å². The van der Waals surface area contributed by atoms with Crippen molar-refractivity contribution < 1.29 is 14.2 Å². The van der Waals surface area contributed by atoms with Gasteiger partial charge >= 0.3 is 0 Å². The minimum absolute atomic E-state index is 0.256. The number of amides is 1. The molecule has 0 spiro atoms. The van der Waals surface area contributed by atoms with Crippen molar-refractivity contribution in [1.29, 1.82) is 0 Å². The molecule has 0 radical (unpaired) electrons. The molecule has 2 aromatic rings. The van der Waals surface area contributed by atoms with Crippen molar-refractivity contribution in [3.05, 3.63) is 35.5 Å². The zero-order valence-corrected chi connectivity index (χ0v) is 10.8. The van der Waals surface area contributed by atoms with Crippen LogP contribution in [0.3, 0.4) is 0 Å². The SMILES string of the molecule is CCOc1ccc(C(=O)Nc2nonc2CC)cc1. The molecule has 0 bridgehead atoms. The van der Waals surface area contributed by atoms with E-state index in [2.05, 4.69) is 20.3 Å². The molecule has 0 fully saturated rings. The van der Waals surface area contributed by atoms with Crippen LogP contribution in [-0.4, -0.2) is 22.8 Å². The Bertz CT molecular complexity index is 549. The molecular weight excluding hydrogens is 246 g/mol. The normalized spacial score (nSPS) is 10.2. The zero-order valence-electron chi connectivity index (χ0n) is 10.8. The Hall–Kier alpha value is -2.37. The molecule has 0 aliphatic carbocycles. The van der Waals surface area contributed by atoms with Gasteiger partial charge in [-0.3, -0.25) is 4.79 Å². The van der Waals surface area contributed by atoms with Crippen LogP contribution in [-0.2, 0) is 6.42 Å². The number of aryl methyl sites for hydroxylation is 1. The quantitative estimate of drug-likeness (QED) is 0.893. The second-order valence-electron chi connectivity index (χ2n) is 3.82. The minimum atomic E-state index is -0.256. The van der Waals surface area contributed by atoms with Gasteiger partial charge in [0.1, 0.15) is 11.4 Å². The molecule has 1 N–H and O–H groups in total. The van der Waals surface area contributed by atoms with Crippen LogP contribution in [0.1, 0.15) is 29.9 Å². The number of nitrogens with one attached hydrogen (secondary N) is 1. The van der Waals surface area contributed by atoms with Crippen LogP contribution in [0.25, 0.3) is 0 Å². The molecule has 0 aliphatic rings. The Morgan fingerprint density at radius 1 is 1.26 bits per heavy atom. The first kappa shape index (κ1) is 13.1. The highest BCUT2D eigenvalue weighted by atomic mass is 16.6. The second kappa shape index (κ2) is 5.99. The van der Waals surface area contributed by atoms with Gasteiger partial charge in [-0.2, -0.15) is 0 Å². The highest BCUT2D eigenvalue weighted by molar-refractivity contribution is 6.04. The van der Waals surface area contributed by atoms with Crippen molar-refractivity contribution >= 4 is 11.7 Å². The third-order valence-electron chi connectivity index (χ3n) is 2.55. The third kappa shape index (κ3) is 3.09. The highest BCUT2D eigenvalue weighted by Gasteiger charge is 2.13. The summed E-state index contributed by atoms with van der Waals surface area (Å²) >= 11 is 0. The molecule has 100 valence electrons. The van der Waals surface area contributed by atoms with E-state index < -0.39 is 0 Å². The maximum Gasteiger partial charge on any atom is 0.256 e. The molecule has 6 nitrogen and oxygen atoms in total. The number of carbonyl (C=O) groups is 1. The first-order chi connectivity index (χ1) is 9.24. The van der Waals surface area contributed by atoms with Crippen LogP contribution in [0.5, 0.6) is 5.75 Å². The third-order valence-corrected chi connectivity index (χ3v) is 2.55. The summed E-state index contributed by atoms with van der Waals surface area (Å²) in [5, 5.41) is 10.0. The van der Waals surface area contributed by atoms with Gasteiger partial charge in [0.15, 0.2) is 0 Å². The van der Waals surface area contributed by atoms with E-state index in [-0.39, 0.29) is 5.91 Å². The van der Waals surface area contributed by atoms with E-state index in [9.17, 15) is 4.79 Å². The molecule has 6 heteroatoms. The van der Waals surface area contributed by atoms with Crippen molar-refractivity contribution in [3.8, 4) is 5.75 Å². The molecule has 0 atom stereocenters. The summed E-state index contributed by atoms with van der Waals surface area (Å²) in [5.74, 6) is 0.839. The fourth-order valence-corrected chi connectivity index (χ4v) is 1.58. The van der Waals surface area contributed by atoms with Crippen LogP contribution in [0.2, 0.25) is 0 Å². The average Bonchev–Trinajstić information content (AvgIpc) is 2.87. The van der Waals surface area contributed by atoms with Crippen molar-refractivity contribution in [2.45, 2.75) is 20.3 Å². The largest absolute Gasteiger partial charge is 0.494 e. The van der Waals surface area contributed by atoms with Crippen LogP contribution in [0.15, 0.2) is 28.9 Å². The second-order valence-corrected chi connectivity index (χ2v) is 3.82. The zero-order chi connectivity index (χ0) is 13.7. The Morgan fingerprint density at radius 2 is 2.00 bits per heavy atom. The summed E-state index contributed by atoms with van der Waals surface area (Å²) in [5.41, 5.74) is 1.15. The number of carbonyl (C=O) groups excluding carboxylic acids is 1. The molecule has 0 unspecified atom stereocenters. The van der Waals surface area contributed by atoms with Crippen molar-refractivity contribution in [1.82, 2.24) is 10.3 Å². The number of ether oxygens (including phenoxy) is 1. The van der Waals surface area contributed by atoms with E-state index in [1.807, 2.05) is 13.8 Å². The molecule has 19 heavy (non-hydrogen) atoms. The fourth-order valence-electron chi connectivity index (χ4n) is 1.58. The lowest BCUT2D eigenvalue weighted by Crippen LogP contribution is -2.13. The van der Waals surface area contributed by atoms with Gasteiger partial charge in [0.05, 0.1) is 6.61 Å². The summed E-state index contributed by atoms with van der Waals surface area (Å²) in [4.78, 5) is 12.0. The number of hydrogen-bond donors (Lipinski definition) is 1. The van der Waals surface area contributed by atoms with E-state index in [1.165, 1.54) is 0 Å². The van der Waals surface area contributed by atoms with E-state index in [0.29, 0.717) is 30.1 Å². The van der Waals surface area contributed by atoms with E-state index >= 15 is 0 Å². The Balaban J connectivity index is 2.07. The number of anilines is 1. The molecule has 1 aromatic heterocycles. The topological polar surface area (TPSA) is 77.2 Å². The Kier molecular flexibility index (Phi) is 4.12. The Morgan fingerprint density at radius 3 is 2.63 bits per heavy atom. The lowest BCUT2D eigenvalue weighted by molar-refractivity contribution is 0.102. The monoisotopic (exact) mass is 261 g/mol. The molecule has 0 saturated heterocycles. The van der Waals surface area contributed by atoms with Crippen LogP contribution < -0.4 is 10.1 Å². The average molecular weight is 261 g/mol. The Labute approximate surface area is 110 Å². The summed E-state index contributed by atoms with van der Waals surface area (Å²) in [6, 6.07) is 6.89. The number of aromatic nitrogens is 2. The van der Waals surface area contributed by atoms with Gasteiger partial charge in [-0.25, -0.2) is 4.63 Å². The van der Waals surface area contributed by atoms with E-state index in [1.54, 1.807) is 24.3 Å². The van der Waals surface area contributed by atoms with Crippen molar-refractivity contribution in [3.63, 3.8) is 0 Å². The maximum atomic E-state index is 12.0. The van der Waals surface area contributed by atoms with Crippen LogP contribution in [0, 0.1) is 0 Å². The molecule has 2 rings (SSSR count). The van der Waals surface area contributed by atoms with Crippen molar-refractivity contribution in [2.75, 3.05) is 11.9 Å². The highest BCUT2D eigenvalue weighted by Crippen LogP contribution is 2.15. The first-order valence-corrected chi connectivity index (χ1v) is 6.10. The lowest BCUT2D eigenvalue weighted by Gasteiger charge is -2.05. The van der Waals surface area contributed by atoms with Gasteiger partial charge in [-0.15, -0.1) is 0 Å². The standard InChI is InChI=1S/C13H15N3O3/c1-3-11-12(16-19-15-11)14-13(17)9-5-7-10(8-6-9)18-4-2/h5-8H,3-4H2,1-2H3,(H,14,16,17). The smallest absolute Gasteiger partial charge is 0.256 e. The minimum Gasteiger partial charge on any atom is -0.494 e. The van der Waals surface area contributed by atoms with Gasteiger partial charge in [0.25, 0.3) is 5.91 Å². The van der Waals surface area contributed by atoms with Crippen LogP contribution >= 0.6 is 0 Å². The van der Waals surface area contributed by atoms with Crippen molar-refractivity contribution in [2.24, 2.45) is 0 Å². The van der Waals surface area contributed by atoms with Gasteiger partial charge in [-0.1, -0.05) is 12.1 Å². The molecule has 1 aromatic carbocycles. The van der Waals surface area contributed by atoms with Gasteiger partial charge in [-0.05, 0) is 42.8 Å². The van der Waals surface area contributed by atoms with Gasteiger partial charge in [0.2, 0.25) is 5.82 Å². The molecule has 0 aliphatic heterocycles. The predicted octanol–water partition coefficient (Wildman–Crippen LogP) is 2.28. The molecule has 1 amide bonds. The summed E-state index contributed by atoms with van der Waals surface area (Å²) in [7, 11) is 0. The number of nitrogens with zero attached hydrogens (tertiary/aromatic N) is 2. The molecular formula is C13H15N3O3. The van der Waals surface area contributed by atoms with Gasteiger partial charge in [0, 0.05) is 5.56 Å². The number of rotatable bonds is 5. The summed E-state index contributed by atoms with van der Waals surface area (Å²) < 4.78 is 9.90. The number of hydrogen-bond acceptors (Lipinski definition) is 5. The van der Waals surface area contributed by atoms with E-state index in [4.69, 9.17) is 4.74 Å². The molecule has 1 heterocycles. The maximum absolute atomic E-state index is 12.0. The fraction of sp³-hybridized carbons (Fsp3) is 0.308. The summed E-state index contributed by atoms with van der Waals surface area (Å²) in [6.45, 7) is 4.41. The lowest BCUT2D eigenvalue weighted by atomic mass is 10.2. The van der Waals surface area contributed by atoms with E-state index in [0.717, 1.165) is 5.75 Å². The predicted molar refractivity (Wildman–Crippen MR) is 69.2 cm³/mol. The summed E-state index contributed by atoms with van der Waals surface area (Å²) in [6.07, 6.45) is 0.641. The van der Waals surface area contributed by atoms with Gasteiger partial charge < -0.3 is 10.1 Å². The molecule has 0 saturated carbocycles.